The lowest BCUT2D eigenvalue weighted by Gasteiger charge is -2.16. The van der Waals surface area contributed by atoms with Gasteiger partial charge < -0.3 is 20.5 Å². The molecule has 3 rings (SSSR count). The van der Waals surface area contributed by atoms with Crippen LogP contribution in [-0.4, -0.2) is 46.7 Å². The number of sulfonamides is 1. The van der Waals surface area contributed by atoms with Gasteiger partial charge in [-0.2, -0.15) is 0 Å². The fourth-order valence-corrected chi connectivity index (χ4v) is 3.89. The van der Waals surface area contributed by atoms with E-state index in [1.807, 2.05) is 0 Å². The van der Waals surface area contributed by atoms with Crippen LogP contribution < -0.4 is 25.2 Å². The molecule has 1 aliphatic heterocycles. The van der Waals surface area contributed by atoms with Crippen molar-refractivity contribution in [2.45, 2.75) is 36.6 Å². The van der Waals surface area contributed by atoms with Crippen LogP contribution in [0.1, 0.15) is 25.7 Å². The average molecular weight is 383 g/mol. The molecule has 0 spiro atoms. The molecule has 1 aromatic carbocycles. The van der Waals surface area contributed by atoms with Crippen LogP contribution in [0.2, 0.25) is 0 Å². The van der Waals surface area contributed by atoms with Crippen LogP contribution >= 0.6 is 0 Å². The van der Waals surface area contributed by atoms with Gasteiger partial charge in [0.15, 0.2) is 11.5 Å². The van der Waals surface area contributed by atoms with Crippen molar-refractivity contribution in [3.8, 4) is 11.5 Å². The molecule has 1 aromatic rings. The first-order chi connectivity index (χ1) is 12.5. The van der Waals surface area contributed by atoms with E-state index in [9.17, 15) is 13.2 Å². The van der Waals surface area contributed by atoms with Crippen molar-refractivity contribution in [2.75, 3.05) is 26.3 Å². The van der Waals surface area contributed by atoms with Crippen molar-refractivity contribution in [1.82, 2.24) is 10.0 Å². The normalized spacial score (nSPS) is 18.0. The molecule has 1 amide bonds. The van der Waals surface area contributed by atoms with Crippen LogP contribution in [0.3, 0.4) is 0 Å². The van der Waals surface area contributed by atoms with Crippen molar-refractivity contribution in [1.29, 1.82) is 0 Å². The Kier molecular flexibility index (Phi) is 6.00. The Hall–Kier alpha value is -1.84. The van der Waals surface area contributed by atoms with Crippen molar-refractivity contribution in [2.24, 2.45) is 11.7 Å². The summed E-state index contributed by atoms with van der Waals surface area (Å²) < 4.78 is 38.3. The summed E-state index contributed by atoms with van der Waals surface area (Å²) in [7, 11) is -3.73. The second-order valence-electron chi connectivity index (χ2n) is 6.55. The molecule has 0 saturated heterocycles. The smallest absolute Gasteiger partial charge is 0.240 e. The molecule has 0 aromatic heterocycles. The molecule has 2 aliphatic rings. The number of hydrogen-bond acceptors (Lipinski definition) is 6. The van der Waals surface area contributed by atoms with Gasteiger partial charge in [0.05, 0.1) is 18.1 Å². The maximum absolute atomic E-state index is 12.4. The third-order valence-electron chi connectivity index (χ3n) is 4.46. The first kappa shape index (κ1) is 18.9. The summed E-state index contributed by atoms with van der Waals surface area (Å²) in [5.41, 5.74) is 5.65. The van der Waals surface area contributed by atoms with Gasteiger partial charge in [0.1, 0.15) is 0 Å². The van der Waals surface area contributed by atoms with Gasteiger partial charge in [0, 0.05) is 38.0 Å². The fourth-order valence-electron chi connectivity index (χ4n) is 2.84. The molecule has 1 heterocycles. The Morgan fingerprint density at radius 2 is 1.96 bits per heavy atom. The van der Waals surface area contributed by atoms with E-state index in [1.54, 1.807) is 6.07 Å². The Bertz CT molecular complexity index is 749. The van der Waals surface area contributed by atoms with Crippen LogP contribution in [0.25, 0.3) is 0 Å². The van der Waals surface area contributed by atoms with Gasteiger partial charge in [-0.1, -0.05) is 0 Å². The van der Waals surface area contributed by atoms with E-state index in [2.05, 4.69) is 10.0 Å². The van der Waals surface area contributed by atoms with E-state index in [1.165, 1.54) is 12.1 Å². The number of fused-ring (bicyclic) bond motifs is 1. The topological polar surface area (TPSA) is 120 Å². The molecule has 0 bridgehead atoms. The highest BCUT2D eigenvalue weighted by Crippen LogP contribution is 2.32. The number of rotatable bonds is 8. The van der Waals surface area contributed by atoms with E-state index in [0.29, 0.717) is 37.2 Å². The number of nitrogens with two attached hydrogens (primary N) is 1. The maximum Gasteiger partial charge on any atom is 0.240 e. The summed E-state index contributed by atoms with van der Waals surface area (Å²) in [6.45, 7) is 1.44. The zero-order chi connectivity index (χ0) is 18.6. The molecule has 26 heavy (non-hydrogen) atoms. The van der Waals surface area contributed by atoms with Crippen molar-refractivity contribution < 1.29 is 22.7 Å². The second kappa shape index (κ2) is 8.24. The van der Waals surface area contributed by atoms with Crippen LogP contribution in [0, 0.1) is 5.92 Å². The highest BCUT2D eigenvalue weighted by molar-refractivity contribution is 7.89. The lowest BCUT2D eigenvalue weighted by Crippen LogP contribution is -2.42. The monoisotopic (exact) mass is 383 g/mol. The van der Waals surface area contributed by atoms with E-state index in [4.69, 9.17) is 15.2 Å². The Balaban J connectivity index is 1.53. The minimum Gasteiger partial charge on any atom is -0.490 e. The van der Waals surface area contributed by atoms with Crippen molar-refractivity contribution >= 4 is 15.9 Å². The van der Waals surface area contributed by atoms with Gasteiger partial charge in [0.2, 0.25) is 15.9 Å². The summed E-state index contributed by atoms with van der Waals surface area (Å²) in [4.78, 5) is 12.0. The van der Waals surface area contributed by atoms with E-state index >= 15 is 0 Å². The SMILES string of the molecule is NCC(NC(=O)CCNS(=O)(=O)c1ccc2c(c1)OCCCO2)C1CC1. The van der Waals surface area contributed by atoms with E-state index in [0.717, 1.165) is 19.3 Å². The van der Waals surface area contributed by atoms with Gasteiger partial charge in [-0.15, -0.1) is 0 Å². The lowest BCUT2D eigenvalue weighted by molar-refractivity contribution is -0.121. The standard InChI is InChI=1S/C17H25N3O5S/c18-11-14(12-2-3-12)20-17(21)6-7-19-26(22,23)13-4-5-15-16(10-13)25-9-1-8-24-15/h4-5,10,12,14,19H,1-3,6-9,11,18H2,(H,20,21). The number of carbonyl (C=O) groups is 1. The number of ether oxygens (including phenoxy) is 2. The molecular weight excluding hydrogens is 358 g/mol. The van der Waals surface area contributed by atoms with E-state index < -0.39 is 10.0 Å². The molecule has 1 aliphatic carbocycles. The van der Waals surface area contributed by atoms with Crippen LogP contribution in [0.15, 0.2) is 23.1 Å². The largest absolute Gasteiger partial charge is 0.490 e. The minimum atomic E-state index is -3.73. The predicted octanol–water partition coefficient (Wildman–Crippen LogP) is 0.370. The number of hydrogen-bond donors (Lipinski definition) is 3. The lowest BCUT2D eigenvalue weighted by atomic mass is 10.2. The predicted molar refractivity (Wildman–Crippen MR) is 95.6 cm³/mol. The molecule has 1 saturated carbocycles. The second-order valence-corrected chi connectivity index (χ2v) is 8.32. The van der Waals surface area contributed by atoms with E-state index in [-0.39, 0.29) is 29.8 Å². The van der Waals surface area contributed by atoms with Crippen LogP contribution in [0.4, 0.5) is 0 Å². The quantitative estimate of drug-likeness (QED) is 0.597. The highest BCUT2D eigenvalue weighted by Gasteiger charge is 2.31. The number of nitrogens with one attached hydrogen (secondary N) is 2. The third-order valence-corrected chi connectivity index (χ3v) is 5.92. The fraction of sp³-hybridized carbons (Fsp3) is 0.588. The number of benzene rings is 1. The van der Waals surface area contributed by atoms with Crippen molar-refractivity contribution in [3.05, 3.63) is 18.2 Å². The summed E-state index contributed by atoms with van der Waals surface area (Å²) in [5.74, 6) is 1.21. The van der Waals surface area contributed by atoms with Crippen molar-refractivity contribution in [3.63, 3.8) is 0 Å². The minimum absolute atomic E-state index is 0.0131. The van der Waals surface area contributed by atoms with Gasteiger partial charge in [-0.05, 0) is 30.9 Å². The molecule has 0 radical (unpaired) electrons. The summed E-state index contributed by atoms with van der Waals surface area (Å²) in [6.07, 6.45) is 2.97. The van der Waals surface area contributed by atoms with Gasteiger partial charge in [-0.3, -0.25) is 4.79 Å². The average Bonchev–Trinajstić information content (AvgIpc) is 3.45. The molecule has 9 heteroatoms. The third kappa shape index (κ3) is 4.87. The molecular formula is C17H25N3O5S. The molecule has 4 N–H and O–H groups in total. The Labute approximate surface area is 153 Å². The molecule has 1 fully saturated rings. The van der Waals surface area contributed by atoms with Gasteiger partial charge in [-0.25, -0.2) is 13.1 Å². The molecule has 144 valence electrons. The first-order valence-corrected chi connectivity index (χ1v) is 10.4. The zero-order valence-electron chi connectivity index (χ0n) is 14.6. The first-order valence-electron chi connectivity index (χ1n) is 8.88. The molecule has 8 nitrogen and oxygen atoms in total. The van der Waals surface area contributed by atoms with Crippen LogP contribution in [-0.2, 0) is 14.8 Å². The van der Waals surface area contributed by atoms with Gasteiger partial charge in [0.25, 0.3) is 0 Å². The maximum atomic E-state index is 12.4. The van der Waals surface area contributed by atoms with Crippen LogP contribution in [0.5, 0.6) is 11.5 Å². The number of amides is 1. The number of carbonyl (C=O) groups excluding carboxylic acids is 1. The summed E-state index contributed by atoms with van der Waals surface area (Å²) >= 11 is 0. The highest BCUT2D eigenvalue weighted by atomic mass is 32.2. The Morgan fingerprint density at radius 1 is 1.23 bits per heavy atom. The Morgan fingerprint density at radius 3 is 2.65 bits per heavy atom. The molecule has 1 atom stereocenters. The summed E-state index contributed by atoms with van der Waals surface area (Å²) in [6, 6.07) is 4.48. The summed E-state index contributed by atoms with van der Waals surface area (Å²) in [5, 5.41) is 2.87. The van der Waals surface area contributed by atoms with Gasteiger partial charge >= 0.3 is 0 Å². The molecule has 1 unspecified atom stereocenters. The zero-order valence-corrected chi connectivity index (χ0v) is 15.4.